The Bertz CT molecular complexity index is 1660. The number of ether oxygens (including phenoxy) is 2. The van der Waals surface area contributed by atoms with Crippen molar-refractivity contribution in [1.29, 1.82) is 0 Å². The molecule has 0 unspecified atom stereocenters. The monoisotopic (exact) mass is 493 g/mol. The number of fused-ring (bicyclic) bond motifs is 3. The zero-order chi connectivity index (χ0) is 23.8. The zero-order valence-corrected chi connectivity index (χ0v) is 19.3. The number of nitrogens with zero attached hydrogens (tertiary/aromatic N) is 3. The summed E-state index contributed by atoms with van der Waals surface area (Å²) in [5.41, 5.74) is 2.81. The number of aromatic nitrogens is 2. The number of imidazole rings is 1. The number of thiazole rings is 1. The SMILES string of the molecule is COc1cc(C=c2sc3nc4ccccc4n3c2=O)cc(Cl)c1OCc1ccc([N+](=O)[O-])cc1. The van der Waals surface area contributed by atoms with Gasteiger partial charge in [0.05, 0.1) is 32.6 Å². The molecule has 2 heterocycles. The van der Waals surface area contributed by atoms with Crippen LogP contribution in [0, 0.1) is 10.1 Å². The summed E-state index contributed by atoms with van der Waals surface area (Å²) in [5, 5.41) is 11.1. The Morgan fingerprint density at radius 1 is 1.18 bits per heavy atom. The van der Waals surface area contributed by atoms with Gasteiger partial charge in [-0.15, -0.1) is 0 Å². The summed E-state index contributed by atoms with van der Waals surface area (Å²) in [6.45, 7) is 0.150. The number of nitro groups is 1. The number of halogens is 1. The predicted molar refractivity (Wildman–Crippen MR) is 131 cm³/mol. The van der Waals surface area contributed by atoms with Crippen LogP contribution in [0.5, 0.6) is 11.5 Å². The number of hydrogen-bond acceptors (Lipinski definition) is 7. The van der Waals surface area contributed by atoms with Crippen molar-refractivity contribution in [2.75, 3.05) is 7.11 Å². The van der Waals surface area contributed by atoms with E-state index in [-0.39, 0.29) is 17.9 Å². The Balaban J connectivity index is 1.46. The first kappa shape index (κ1) is 21.9. The first-order chi connectivity index (χ1) is 16.4. The van der Waals surface area contributed by atoms with Crippen LogP contribution in [-0.2, 0) is 6.61 Å². The van der Waals surface area contributed by atoms with Crippen LogP contribution < -0.4 is 19.6 Å². The minimum Gasteiger partial charge on any atom is -0.493 e. The van der Waals surface area contributed by atoms with E-state index in [1.807, 2.05) is 24.3 Å². The van der Waals surface area contributed by atoms with Gasteiger partial charge >= 0.3 is 0 Å². The lowest BCUT2D eigenvalue weighted by Gasteiger charge is -2.13. The predicted octanol–water partition coefficient (Wildman–Crippen LogP) is 4.61. The Morgan fingerprint density at radius 2 is 1.94 bits per heavy atom. The smallest absolute Gasteiger partial charge is 0.274 e. The average molecular weight is 494 g/mol. The molecule has 0 bridgehead atoms. The topological polar surface area (TPSA) is 96.0 Å². The Kier molecular flexibility index (Phi) is 5.64. The van der Waals surface area contributed by atoms with Crippen LogP contribution in [0.3, 0.4) is 0 Å². The van der Waals surface area contributed by atoms with E-state index in [1.165, 1.54) is 30.6 Å². The van der Waals surface area contributed by atoms with Crippen molar-refractivity contribution in [3.05, 3.63) is 102 Å². The number of nitro benzene ring substituents is 1. The van der Waals surface area contributed by atoms with Crippen LogP contribution in [0.15, 0.2) is 65.5 Å². The van der Waals surface area contributed by atoms with Crippen LogP contribution in [0.1, 0.15) is 11.1 Å². The molecule has 10 heteroatoms. The molecular weight excluding hydrogens is 478 g/mol. The van der Waals surface area contributed by atoms with Crippen molar-refractivity contribution in [3.8, 4) is 11.5 Å². The van der Waals surface area contributed by atoms with E-state index in [4.69, 9.17) is 21.1 Å². The van der Waals surface area contributed by atoms with Crippen LogP contribution in [-0.4, -0.2) is 21.4 Å². The van der Waals surface area contributed by atoms with Crippen molar-refractivity contribution in [2.45, 2.75) is 6.61 Å². The third-order valence-electron chi connectivity index (χ3n) is 5.23. The molecule has 0 radical (unpaired) electrons. The molecule has 0 amide bonds. The Labute approximate surface area is 201 Å². The number of para-hydroxylation sites is 2. The molecule has 0 atom stereocenters. The maximum atomic E-state index is 13.0. The van der Waals surface area contributed by atoms with Crippen molar-refractivity contribution < 1.29 is 14.4 Å². The standard InChI is InChI=1S/C24H16ClN3O5S/c1-32-20-11-15(10-17(25)22(20)33-13-14-6-8-16(9-7-14)28(30)31)12-21-23(29)27-19-5-3-2-4-18(19)26-24(27)34-21/h2-12H,13H2,1H3. The van der Waals surface area contributed by atoms with Gasteiger partial charge in [0.15, 0.2) is 16.5 Å². The van der Waals surface area contributed by atoms with Crippen molar-refractivity contribution in [3.63, 3.8) is 0 Å². The van der Waals surface area contributed by atoms with Gasteiger partial charge in [-0.2, -0.15) is 0 Å². The highest BCUT2D eigenvalue weighted by atomic mass is 35.5. The highest BCUT2D eigenvalue weighted by Crippen LogP contribution is 2.37. The molecule has 8 nitrogen and oxygen atoms in total. The van der Waals surface area contributed by atoms with E-state index in [1.54, 1.807) is 34.7 Å². The maximum Gasteiger partial charge on any atom is 0.274 e. The number of hydrogen-bond donors (Lipinski definition) is 0. The molecule has 0 fully saturated rings. The highest BCUT2D eigenvalue weighted by molar-refractivity contribution is 7.15. The number of benzene rings is 3. The second kappa shape index (κ2) is 8.77. The van der Waals surface area contributed by atoms with Gasteiger partial charge in [-0.25, -0.2) is 9.38 Å². The van der Waals surface area contributed by atoms with E-state index in [0.717, 1.165) is 16.6 Å². The van der Waals surface area contributed by atoms with Gasteiger partial charge in [0.2, 0.25) is 0 Å². The lowest BCUT2D eigenvalue weighted by molar-refractivity contribution is -0.384. The van der Waals surface area contributed by atoms with Gasteiger partial charge in [0.25, 0.3) is 11.2 Å². The van der Waals surface area contributed by atoms with Gasteiger partial charge in [0, 0.05) is 12.1 Å². The minimum atomic E-state index is -0.458. The Morgan fingerprint density at radius 3 is 2.68 bits per heavy atom. The number of non-ortho nitro benzene ring substituents is 1. The van der Waals surface area contributed by atoms with Crippen molar-refractivity contribution >= 4 is 50.7 Å². The molecule has 2 aromatic heterocycles. The van der Waals surface area contributed by atoms with Gasteiger partial charge in [-0.1, -0.05) is 35.1 Å². The molecule has 0 N–H and O–H groups in total. The molecule has 0 aliphatic heterocycles. The fraction of sp³-hybridized carbons (Fsp3) is 0.0833. The fourth-order valence-corrected chi connectivity index (χ4v) is 4.86. The summed E-state index contributed by atoms with van der Waals surface area (Å²) >= 11 is 7.78. The minimum absolute atomic E-state index is 0.00556. The molecule has 0 saturated carbocycles. The van der Waals surface area contributed by atoms with Crippen molar-refractivity contribution in [2.24, 2.45) is 0 Å². The van der Waals surface area contributed by atoms with Crippen LogP contribution >= 0.6 is 22.9 Å². The molecule has 5 aromatic rings. The second-order valence-electron chi connectivity index (χ2n) is 7.38. The quantitative estimate of drug-likeness (QED) is 0.253. The zero-order valence-electron chi connectivity index (χ0n) is 17.7. The van der Waals surface area contributed by atoms with Gasteiger partial charge < -0.3 is 9.47 Å². The summed E-state index contributed by atoms with van der Waals surface area (Å²) < 4.78 is 13.4. The van der Waals surface area contributed by atoms with E-state index in [2.05, 4.69) is 4.98 Å². The summed E-state index contributed by atoms with van der Waals surface area (Å²) in [7, 11) is 1.50. The second-order valence-corrected chi connectivity index (χ2v) is 8.80. The van der Waals surface area contributed by atoms with E-state index in [9.17, 15) is 14.9 Å². The van der Waals surface area contributed by atoms with Crippen LogP contribution in [0.2, 0.25) is 5.02 Å². The first-order valence-electron chi connectivity index (χ1n) is 10.1. The van der Waals surface area contributed by atoms with Crippen LogP contribution in [0.25, 0.3) is 22.1 Å². The van der Waals surface area contributed by atoms with E-state index < -0.39 is 4.92 Å². The highest BCUT2D eigenvalue weighted by Gasteiger charge is 2.14. The lowest BCUT2D eigenvalue weighted by Crippen LogP contribution is -2.22. The summed E-state index contributed by atoms with van der Waals surface area (Å²) in [4.78, 5) is 28.5. The molecule has 170 valence electrons. The van der Waals surface area contributed by atoms with Gasteiger partial charge in [0.1, 0.15) is 6.61 Å². The first-order valence-corrected chi connectivity index (χ1v) is 11.3. The summed E-state index contributed by atoms with van der Waals surface area (Å²) in [5.74, 6) is 0.744. The van der Waals surface area contributed by atoms with Crippen molar-refractivity contribution in [1.82, 2.24) is 9.38 Å². The maximum absolute atomic E-state index is 13.0. The largest absolute Gasteiger partial charge is 0.493 e. The normalized spacial score (nSPS) is 11.9. The Hall–Kier alpha value is -3.95. The van der Waals surface area contributed by atoms with E-state index in [0.29, 0.717) is 31.6 Å². The van der Waals surface area contributed by atoms with E-state index >= 15 is 0 Å². The van der Waals surface area contributed by atoms with Crippen LogP contribution in [0.4, 0.5) is 5.69 Å². The summed E-state index contributed by atoms with van der Waals surface area (Å²) in [6.07, 6.45) is 1.74. The number of methoxy groups -OCH3 is 1. The number of rotatable bonds is 6. The fourth-order valence-electron chi connectivity index (χ4n) is 3.60. The average Bonchev–Trinajstić information content (AvgIpc) is 3.34. The molecule has 3 aromatic carbocycles. The molecule has 5 rings (SSSR count). The van der Waals surface area contributed by atoms with Gasteiger partial charge in [-0.05, 0) is 53.6 Å². The molecule has 0 aliphatic rings. The third-order valence-corrected chi connectivity index (χ3v) is 6.47. The summed E-state index contributed by atoms with van der Waals surface area (Å²) in [6, 6.07) is 17.0. The molecule has 0 saturated heterocycles. The van der Waals surface area contributed by atoms with Gasteiger partial charge in [-0.3, -0.25) is 14.9 Å². The molecule has 0 aliphatic carbocycles. The lowest BCUT2D eigenvalue weighted by atomic mass is 10.2. The third kappa shape index (κ3) is 3.95. The molecular formula is C24H16ClN3O5S. The molecule has 0 spiro atoms. The molecule has 34 heavy (non-hydrogen) atoms.